The molecule has 2 amide bonds. The molecule has 8 nitrogen and oxygen atoms in total. The number of nitrogens with two attached hydrogens (primary N) is 1. The van der Waals surface area contributed by atoms with Gasteiger partial charge in [-0.05, 0) is 32.6 Å². The summed E-state index contributed by atoms with van der Waals surface area (Å²) in [4.78, 5) is 30.1. The average Bonchev–Trinajstić information content (AvgIpc) is 3.37. The van der Waals surface area contributed by atoms with Crippen LogP contribution in [0.25, 0.3) is 0 Å². The maximum Gasteiger partial charge on any atom is 0.405 e. The molecule has 1 aliphatic carbocycles. The highest BCUT2D eigenvalue weighted by Crippen LogP contribution is 2.34. The van der Waals surface area contributed by atoms with Crippen molar-refractivity contribution in [1.29, 1.82) is 0 Å². The van der Waals surface area contributed by atoms with E-state index >= 15 is 0 Å². The molecule has 2 fully saturated rings. The van der Waals surface area contributed by atoms with Crippen LogP contribution in [0.15, 0.2) is 12.3 Å². The van der Waals surface area contributed by atoms with E-state index in [2.05, 4.69) is 10.3 Å². The molecular weight excluding hydrogens is 336 g/mol. The van der Waals surface area contributed by atoms with E-state index in [0.717, 1.165) is 12.8 Å². The van der Waals surface area contributed by atoms with Gasteiger partial charge in [-0.3, -0.25) is 4.79 Å². The standard InChI is InChI=1S/C18H26N4O4/c1-11(12-4-5-12)21-16(23)13-9-20-15(25-3)8-14(13)22-7-6-18(2,10-22)26-17(19)24/h8-9,11-12H,4-7,10H2,1-3H3,(H2,19,24)(H,21,23)/t11?,18-/m0/s1. The second kappa shape index (κ2) is 7.01. The molecule has 3 N–H and O–H groups in total. The van der Waals surface area contributed by atoms with E-state index in [-0.39, 0.29) is 11.9 Å². The van der Waals surface area contributed by atoms with Gasteiger partial charge < -0.3 is 25.4 Å². The second-order valence-electron chi connectivity index (χ2n) is 7.39. The van der Waals surface area contributed by atoms with Gasteiger partial charge in [0.25, 0.3) is 5.91 Å². The van der Waals surface area contributed by atoms with Crippen LogP contribution in [0.2, 0.25) is 0 Å². The molecule has 0 aromatic carbocycles. The van der Waals surface area contributed by atoms with Gasteiger partial charge in [-0.2, -0.15) is 0 Å². The Bertz CT molecular complexity index is 706. The largest absolute Gasteiger partial charge is 0.481 e. The fraction of sp³-hybridized carbons (Fsp3) is 0.611. The minimum atomic E-state index is -0.794. The third-order valence-corrected chi connectivity index (χ3v) is 5.12. The van der Waals surface area contributed by atoms with E-state index < -0.39 is 11.7 Å². The van der Waals surface area contributed by atoms with Crippen LogP contribution in [0.5, 0.6) is 5.88 Å². The molecule has 142 valence electrons. The molecule has 1 aliphatic heterocycles. The Morgan fingerprint density at radius 2 is 2.19 bits per heavy atom. The number of primary amides is 1. The molecule has 8 heteroatoms. The van der Waals surface area contributed by atoms with E-state index in [1.165, 1.54) is 13.3 Å². The van der Waals surface area contributed by atoms with E-state index in [1.54, 1.807) is 6.07 Å². The summed E-state index contributed by atoms with van der Waals surface area (Å²) in [5, 5.41) is 3.06. The van der Waals surface area contributed by atoms with Crippen molar-refractivity contribution in [3.05, 3.63) is 17.8 Å². The Morgan fingerprint density at radius 1 is 1.46 bits per heavy atom. The van der Waals surface area contributed by atoms with Crippen molar-refractivity contribution in [2.45, 2.75) is 44.8 Å². The summed E-state index contributed by atoms with van der Waals surface area (Å²) >= 11 is 0. The smallest absolute Gasteiger partial charge is 0.405 e. The zero-order valence-electron chi connectivity index (χ0n) is 15.4. The highest BCUT2D eigenvalue weighted by atomic mass is 16.6. The molecule has 0 spiro atoms. The van der Waals surface area contributed by atoms with Crippen LogP contribution in [0.4, 0.5) is 10.5 Å². The van der Waals surface area contributed by atoms with Crippen LogP contribution in [0.3, 0.4) is 0 Å². The molecule has 0 bridgehead atoms. The first-order valence-electron chi connectivity index (χ1n) is 8.89. The number of nitrogens with zero attached hydrogens (tertiary/aromatic N) is 2. The molecule has 1 aromatic rings. The molecule has 2 atom stereocenters. The fourth-order valence-corrected chi connectivity index (χ4v) is 3.44. The molecule has 2 heterocycles. The lowest BCUT2D eigenvalue weighted by atomic mass is 10.1. The first kappa shape index (κ1) is 18.3. The zero-order valence-corrected chi connectivity index (χ0v) is 15.4. The Morgan fingerprint density at radius 3 is 2.81 bits per heavy atom. The summed E-state index contributed by atoms with van der Waals surface area (Å²) in [6, 6.07) is 1.88. The van der Waals surface area contributed by atoms with Gasteiger partial charge in [0, 0.05) is 31.3 Å². The summed E-state index contributed by atoms with van der Waals surface area (Å²) in [6.07, 6.45) is 3.68. The molecular formula is C18H26N4O4. The van der Waals surface area contributed by atoms with Crippen molar-refractivity contribution in [2.24, 2.45) is 11.7 Å². The van der Waals surface area contributed by atoms with Crippen molar-refractivity contribution in [3.8, 4) is 5.88 Å². The Labute approximate surface area is 153 Å². The second-order valence-corrected chi connectivity index (χ2v) is 7.39. The number of rotatable bonds is 6. The van der Waals surface area contributed by atoms with Crippen molar-refractivity contribution in [2.75, 3.05) is 25.1 Å². The van der Waals surface area contributed by atoms with Gasteiger partial charge in [0.2, 0.25) is 5.88 Å². The lowest BCUT2D eigenvalue weighted by Gasteiger charge is -2.26. The quantitative estimate of drug-likeness (QED) is 0.797. The van der Waals surface area contributed by atoms with Gasteiger partial charge in [-0.1, -0.05) is 0 Å². The highest BCUT2D eigenvalue weighted by Gasteiger charge is 2.38. The summed E-state index contributed by atoms with van der Waals surface area (Å²) in [5.74, 6) is 0.836. The lowest BCUT2D eigenvalue weighted by molar-refractivity contribution is 0.0480. The van der Waals surface area contributed by atoms with Gasteiger partial charge >= 0.3 is 6.09 Å². The van der Waals surface area contributed by atoms with Crippen molar-refractivity contribution in [1.82, 2.24) is 10.3 Å². The predicted molar refractivity (Wildman–Crippen MR) is 96.3 cm³/mol. The van der Waals surface area contributed by atoms with Gasteiger partial charge in [0.15, 0.2) is 0 Å². The minimum Gasteiger partial charge on any atom is -0.481 e. The molecule has 0 radical (unpaired) electrons. The molecule has 1 unspecified atom stereocenters. The Balaban J connectivity index is 1.82. The normalized spacial score (nSPS) is 23.4. The van der Waals surface area contributed by atoms with E-state index in [1.807, 2.05) is 18.7 Å². The van der Waals surface area contributed by atoms with Crippen LogP contribution in [-0.2, 0) is 4.74 Å². The minimum absolute atomic E-state index is 0.138. The number of pyridine rings is 1. The van der Waals surface area contributed by atoms with Gasteiger partial charge in [0.1, 0.15) is 5.60 Å². The lowest BCUT2D eigenvalue weighted by Crippen LogP contribution is -2.38. The molecule has 1 aromatic heterocycles. The summed E-state index contributed by atoms with van der Waals surface area (Å²) in [7, 11) is 1.53. The number of anilines is 1. The molecule has 2 aliphatic rings. The van der Waals surface area contributed by atoms with Crippen LogP contribution in [0, 0.1) is 5.92 Å². The first-order chi connectivity index (χ1) is 12.3. The summed E-state index contributed by atoms with van der Waals surface area (Å²) in [5.41, 5.74) is 5.70. The topological polar surface area (TPSA) is 107 Å². The third-order valence-electron chi connectivity index (χ3n) is 5.12. The van der Waals surface area contributed by atoms with Gasteiger partial charge in [-0.25, -0.2) is 9.78 Å². The number of amides is 2. The summed E-state index contributed by atoms with van der Waals surface area (Å²) in [6.45, 7) is 4.95. The Hall–Kier alpha value is -2.51. The number of aromatic nitrogens is 1. The average molecular weight is 362 g/mol. The molecule has 1 saturated carbocycles. The first-order valence-corrected chi connectivity index (χ1v) is 8.89. The van der Waals surface area contributed by atoms with Crippen LogP contribution in [0.1, 0.15) is 43.5 Å². The van der Waals surface area contributed by atoms with Crippen LogP contribution in [-0.4, -0.2) is 48.8 Å². The molecule has 1 saturated heterocycles. The van der Waals surface area contributed by atoms with E-state index in [4.69, 9.17) is 15.2 Å². The SMILES string of the molecule is COc1cc(N2CC[C@](C)(OC(N)=O)C2)c(C(=O)NC(C)C2CC2)cn1. The number of ether oxygens (including phenoxy) is 2. The van der Waals surface area contributed by atoms with Crippen molar-refractivity contribution >= 4 is 17.7 Å². The molecule has 3 rings (SSSR count). The van der Waals surface area contributed by atoms with Crippen molar-refractivity contribution in [3.63, 3.8) is 0 Å². The fourth-order valence-electron chi connectivity index (χ4n) is 3.44. The Kier molecular flexibility index (Phi) is 4.93. The van der Waals surface area contributed by atoms with Crippen molar-refractivity contribution < 1.29 is 19.1 Å². The maximum absolute atomic E-state index is 12.8. The third kappa shape index (κ3) is 4.00. The monoisotopic (exact) mass is 362 g/mol. The number of hydrogen-bond acceptors (Lipinski definition) is 6. The number of methoxy groups -OCH3 is 1. The van der Waals surface area contributed by atoms with Crippen LogP contribution >= 0.6 is 0 Å². The predicted octanol–water partition coefficient (Wildman–Crippen LogP) is 1.68. The van der Waals surface area contributed by atoms with Crippen LogP contribution < -0.4 is 20.7 Å². The van der Waals surface area contributed by atoms with Gasteiger partial charge in [0.05, 0.1) is 24.9 Å². The summed E-state index contributed by atoms with van der Waals surface area (Å²) < 4.78 is 10.5. The zero-order chi connectivity index (χ0) is 18.9. The maximum atomic E-state index is 12.8. The number of carbonyl (C=O) groups is 2. The van der Waals surface area contributed by atoms with E-state index in [9.17, 15) is 9.59 Å². The number of hydrogen-bond donors (Lipinski definition) is 2. The molecule has 26 heavy (non-hydrogen) atoms. The number of nitrogens with one attached hydrogen (secondary N) is 1. The number of carbonyl (C=O) groups excluding carboxylic acids is 2. The van der Waals surface area contributed by atoms with Gasteiger partial charge in [-0.15, -0.1) is 0 Å². The van der Waals surface area contributed by atoms with E-state index in [0.29, 0.717) is 42.6 Å². The highest BCUT2D eigenvalue weighted by molar-refractivity contribution is 6.00.